The Hall–Kier alpha value is -0.900. The fraction of sp³-hybridized carbons (Fsp3) is 0.857. The Balaban J connectivity index is 3.85. The van der Waals surface area contributed by atoms with Crippen LogP contribution in [0.15, 0.2) is 0 Å². The molecular formula is C14H27NO3. The topological polar surface area (TPSA) is 55.4 Å². The SMILES string of the molecule is CCCCC[C@@H](NC(=O)CCOCCC)C(C)=O. The lowest BCUT2D eigenvalue weighted by atomic mass is 10.1. The third-order valence-electron chi connectivity index (χ3n) is 2.74. The predicted molar refractivity (Wildman–Crippen MR) is 72.5 cm³/mol. The minimum absolute atomic E-state index is 0.0360. The normalized spacial score (nSPS) is 12.2. The Kier molecular flexibility index (Phi) is 10.6. The van der Waals surface area contributed by atoms with Crippen molar-refractivity contribution in [2.24, 2.45) is 0 Å². The highest BCUT2D eigenvalue weighted by molar-refractivity contribution is 5.87. The lowest BCUT2D eigenvalue weighted by Gasteiger charge is -2.15. The van der Waals surface area contributed by atoms with Gasteiger partial charge in [0.1, 0.15) is 0 Å². The molecule has 0 aromatic heterocycles. The molecule has 4 nitrogen and oxygen atoms in total. The van der Waals surface area contributed by atoms with Gasteiger partial charge in [0.2, 0.25) is 5.91 Å². The van der Waals surface area contributed by atoms with Crippen molar-refractivity contribution in [3.63, 3.8) is 0 Å². The molecule has 0 aliphatic carbocycles. The van der Waals surface area contributed by atoms with Gasteiger partial charge in [0, 0.05) is 13.0 Å². The number of Topliss-reactive ketones (excluding diaryl/α,β-unsaturated/α-hetero) is 1. The average Bonchev–Trinajstić information content (AvgIpc) is 2.33. The first kappa shape index (κ1) is 17.1. The van der Waals surface area contributed by atoms with Crippen molar-refractivity contribution in [3.05, 3.63) is 0 Å². The Morgan fingerprint density at radius 1 is 1.11 bits per heavy atom. The van der Waals surface area contributed by atoms with Gasteiger partial charge in [-0.25, -0.2) is 0 Å². The largest absolute Gasteiger partial charge is 0.381 e. The standard InChI is InChI=1S/C14H27NO3/c1-4-6-7-8-13(12(3)16)15-14(17)9-11-18-10-5-2/h13H,4-11H2,1-3H3,(H,15,17)/t13-/m1/s1. The third-order valence-corrected chi connectivity index (χ3v) is 2.74. The first-order chi connectivity index (χ1) is 8.61. The quantitative estimate of drug-likeness (QED) is 0.578. The first-order valence-corrected chi connectivity index (χ1v) is 6.99. The number of ether oxygens (including phenoxy) is 1. The van der Waals surface area contributed by atoms with Crippen molar-refractivity contribution in [2.45, 2.75) is 65.3 Å². The van der Waals surface area contributed by atoms with Crippen LogP contribution >= 0.6 is 0 Å². The number of ketones is 1. The number of hydrogen-bond acceptors (Lipinski definition) is 3. The fourth-order valence-corrected chi connectivity index (χ4v) is 1.65. The second-order valence-electron chi connectivity index (χ2n) is 4.59. The molecule has 1 amide bonds. The van der Waals surface area contributed by atoms with E-state index in [9.17, 15) is 9.59 Å². The molecular weight excluding hydrogens is 230 g/mol. The van der Waals surface area contributed by atoms with Crippen LogP contribution in [-0.4, -0.2) is 30.9 Å². The summed E-state index contributed by atoms with van der Waals surface area (Å²) in [4.78, 5) is 23.0. The molecule has 0 aliphatic heterocycles. The molecule has 0 heterocycles. The van der Waals surface area contributed by atoms with Crippen molar-refractivity contribution in [3.8, 4) is 0 Å². The molecule has 0 spiro atoms. The lowest BCUT2D eigenvalue weighted by Crippen LogP contribution is -2.40. The Morgan fingerprint density at radius 3 is 2.39 bits per heavy atom. The zero-order valence-electron chi connectivity index (χ0n) is 12.0. The monoisotopic (exact) mass is 257 g/mol. The molecule has 0 aromatic carbocycles. The molecule has 4 heteroatoms. The zero-order valence-corrected chi connectivity index (χ0v) is 12.0. The number of hydrogen-bond donors (Lipinski definition) is 1. The summed E-state index contributed by atoms with van der Waals surface area (Å²) in [5.74, 6) is -0.0586. The van der Waals surface area contributed by atoms with Crippen molar-refractivity contribution in [1.29, 1.82) is 0 Å². The van der Waals surface area contributed by atoms with Crippen LogP contribution < -0.4 is 5.32 Å². The minimum atomic E-state index is -0.324. The molecule has 0 bridgehead atoms. The van der Waals surface area contributed by atoms with Crippen LogP contribution in [0.1, 0.15) is 59.3 Å². The van der Waals surface area contributed by atoms with Gasteiger partial charge >= 0.3 is 0 Å². The summed E-state index contributed by atoms with van der Waals surface area (Å²) in [6, 6.07) is -0.324. The molecule has 1 atom stereocenters. The highest BCUT2D eigenvalue weighted by atomic mass is 16.5. The zero-order chi connectivity index (χ0) is 13.8. The number of unbranched alkanes of at least 4 members (excludes halogenated alkanes) is 2. The van der Waals surface area contributed by atoms with Crippen LogP contribution in [0.4, 0.5) is 0 Å². The van der Waals surface area contributed by atoms with E-state index in [4.69, 9.17) is 4.74 Å². The van der Waals surface area contributed by atoms with E-state index in [0.29, 0.717) is 19.6 Å². The molecule has 106 valence electrons. The minimum Gasteiger partial charge on any atom is -0.381 e. The van der Waals surface area contributed by atoms with Gasteiger partial charge in [-0.05, 0) is 19.8 Å². The van der Waals surface area contributed by atoms with Crippen LogP contribution in [0.5, 0.6) is 0 Å². The summed E-state index contributed by atoms with van der Waals surface area (Å²) < 4.78 is 5.25. The van der Waals surface area contributed by atoms with Crippen LogP contribution in [0.2, 0.25) is 0 Å². The molecule has 0 rings (SSSR count). The first-order valence-electron chi connectivity index (χ1n) is 6.99. The molecule has 0 unspecified atom stereocenters. The number of rotatable bonds is 11. The number of amides is 1. The number of carbonyl (C=O) groups is 2. The second kappa shape index (κ2) is 11.2. The lowest BCUT2D eigenvalue weighted by molar-refractivity contribution is -0.127. The highest BCUT2D eigenvalue weighted by Gasteiger charge is 2.16. The van der Waals surface area contributed by atoms with E-state index in [1.807, 2.05) is 6.92 Å². The molecule has 18 heavy (non-hydrogen) atoms. The van der Waals surface area contributed by atoms with E-state index in [0.717, 1.165) is 32.1 Å². The molecule has 0 saturated heterocycles. The molecule has 0 saturated carbocycles. The molecule has 0 fully saturated rings. The Morgan fingerprint density at radius 2 is 1.83 bits per heavy atom. The average molecular weight is 257 g/mol. The highest BCUT2D eigenvalue weighted by Crippen LogP contribution is 2.04. The Bertz CT molecular complexity index is 241. The van der Waals surface area contributed by atoms with E-state index < -0.39 is 0 Å². The van der Waals surface area contributed by atoms with Gasteiger partial charge in [0.25, 0.3) is 0 Å². The maximum atomic E-state index is 11.6. The van der Waals surface area contributed by atoms with Crippen molar-refractivity contribution in [1.82, 2.24) is 5.32 Å². The summed E-state index contributed by atoms with van der Waals surface area (Å²) in [6.45, 7) is 6.79. The van der Waals surface area contributed by atoms with Gasteiger partial charge in [-0.1, -0.05) is 33.1 Å². The smallest absolute Gasteiger partial charge is 0.222 e. The molecule has 1 N–H and O–H groups in total. The maximum absolute atomic E-state index is 11.6. The van der Waals surface area contributed by atoms with Gasteiger partial charge in [-0.15, -0.1) is 0 Å². The van der Waals surface area contributed by atoms with Gasteiger partial charge in [-0.3, -0.25) is 9.59 Å². The molecule has 0 aromatic rings. The fourth-order valence-electron chi connectivity index (χ4n) is 1.65. The van der Waals surface area contributed by atoms with Crippen LogP contribution in [0.25, 0.3) is 0 Å². The second-order valence-corrected chi connectivity index (χ2v) is 4.59. The van der Waals surface area contributed by atoms with Crippen molar-refractivity contribution in [2.75, 3.05) is 13.2 Å². The van der Waals surface area contributed by atoms with Crippen molar-refractivity contribution < 1.29 is 14.3 Å². The molecule has 0 aliphatic rings. The predicted octanol–water partition coefficient (Wildman–Crippen LogP) is 2.46. The van der Waals surface area contributed by atoms with E-state index in [1.54, 1.807) is 0 Å². The summed E-state index contributed by atoms with van der Waals surface area (Å²) in [5, 5.41) is 2.78. The van der Waals surface area contributed by atoms with E-state index in [2.05, 4.69) is 12.2 Å². The van der Waals surface area contributed by atoms with Gasteiger partial charge < -0.3 is 10.1 Å². The van der Waals surface area contributed by atoms with Crippen LogP contribution in [-0.2, 0) is 14.3 Å². The maximum Gasteiger partial charge on any atom is 0.222 e. The van der Waals surface area contributed by atoms with E-state index >= 15 is 0 Å². The molecule has 0 radical (unpaired) electrons. The third kappa shape index (κ3) is 9.16. The summed E-state index contributed by atoms with van der Waals surface area (Å²) in [6.07, 6.45) is 5.22. The van der Waals surface area contributed by atoms with E-state index in [1.165, 1.54) is 6.92 Å². The van der Waals surface area contributed by atoms with Gasteiger partial charge in [0.05, 0.1) is 12.6 Å². The van der Waals surface area contributed by atoms with E-state index in [-0.39, 0.29) is 17.7 Å². The van der Waals surface area contributed by atoms with Crippen LogP contribution in [0.3, 0.4) is 0 Å². The number of carbonyl (C=O) groups excluding carboxylic acids is 2. The van der Waals surface area contributed by atoms with Crippen LogP contribution in [0, 0.1) is 0 Å². The van der Waals surface area contributed by atoms with Gasteiger partial charge in [0.15, 0.2) is 5.78 Å². The number of nitrogens with one attached hydrogen (secondary N) is 1. The summed E-state index contributed by atoms with van der Waals surface area (Å²) >= 11 is 0. The summed E-state index contributed by atoms with van der Waals surface area (Å²) in [7, 11) is 0. The van der Waals surface area contributed by atoms with Crippen molar-refractivity contribution >= 4 is 11.7 Å². The van der Waals surface area contributed by atoms with Gasteiger partial charge in [-0.2, -0.15) is 0 Å². The summed E-state index contributed by atoms with van der Waals surface area (Å²) in [5.41, 5.74) is 0. The Labute approximate surface area is 110 Å².